The minimum Gasteiger partial charge on any atom is -0.386 e. The van der Waals surface area contributed by atoms with Crippen molar-refractivity contribution in [3.63, 3.8) is 0 Å². The third kappa shape index (κ3) is 6.16. The Morgan fingerprint density at radius 3 is 1.17 bits per heavy atom. The van der Waals surface area contributed by atoms with Gasteiger partial charge in [-0.1, -0.05) is 0 Å². The molecule has 8 heteroatoms. The van der Waals surface area contributed by atoms with Crippen molar-refractivity contribution in [3.05, 3.63) is 0 Å². The molecule has 0 fully saturated rings. The predicted molar refractivity (Wildman–Crippen MR) is 96.9 cm³/mol. The number of amidine groups is 2. The third-order valence-electron chi connectivity index (χ3n) is 4.30. The lowest BCUT2D eigenvalue weighted by atomic mass is 9.86. The molecule has 0 saturated carbocycles. The molecule has 0 saturated heterocycles. The summed E-state index contributed by atoms with van der Waals surface area (Å²) in [5.74, 6) is -0.235. The van der Waals surface area contributed by atoms with Gasteiger partial charge in [-0.05, 0) is 41.5 Å². The van der Waals surface area contributed by atoms with Crippen LogP contribution in [-0.2, 0) is 9.47 Å². The van der Waals surface area contributed by atoms with Gasteiger partial charge in [0.2, 0.25) is 0 Å². The van der Waals surface area contributed by atoms with Crippen LogP contribution in [0.4, 0.5) is 0 Å². The zero-order valence-electron chi connectivity index (χ0n) is 16.3. The van der Waals surface area contributed by atoms with Crippen LogP contribution in [0.5, 0.6) is 0 Å². The molecule has 140 valence electrons. The molecule has 0 aromatic carbocycles. The molecule has 0 heterocycles. The molecule has 0 rings (SSSR count). The lowest BCUT2D eigenvalue weighted by Gasteiger charge is -2.35. The summed E-state index contributed by atoms with van der Waals surface area (Å²) in [5, 5.41) is 24.4. The number of nitrogens with zero attached hydrogens (tertiary/aromatic N) is 2. The van der Waals surface area contributed by atoms with Crippen molar-refractivity contribution in [2.75, 3.05) is 14.2 Å². The quantitative estimate of drug-likeness (QED) is 0.274. The predicted octanol–water partition coefficient (Wildman–Crippen LogP) is 2.46. The van der Waals surface area contributed by atoms with Crippen LogP contribution in [0.2, 0.25) is 0 Å². The van der Waals surface area contributed by atoms with E-state index in [4.69, 9.17) is 31.8 Å². The van der Waals surface area contributed by atoms with Crippen LogP contribution >= 0.6 is 0 Å². The molecule has 2 atom stereocenters. The molecule has 0 amide bonds. The highest BCUT2D eigenvalue weighted by atomic mass is 16.5. The van der Waals surface area contributed by atoms with Crippen molar-refractivity contribution in [3.8, 4) is 0 Å². The molecule has 0 aliphatic carbocycles. The average molecular weight is 342 g/mol. The van der Waals surface area contributed by atoms with Gasteiger partial charge in [-0.15, -0.1) is 0 Å². The molecule has 8 nitrogen and oxygen atoms in total. The van der Waals surface area contributed by atoms with E-state index in [0.717, 1.165) is 0 Å². The number of rotatable bonds is 10. The van der Waals surface area contributed by atoms with Gasteiger partial charge in [0.05, 0.1) is 11.2 Å². The molecule has 24 heavy (non-hydrogen) atoms. The lowest BCUT2D eigenvalue weighted by Crippen LogP contribution is -2.47. The molecule has 0 bridgehead atoms. The minimum atomic E-state index is -1.05. The van der Waals surface area contributed by atoms with Gasteiger partial charge in [0, 0.05) is 27.1 Å². The van der Waals surface area contributed by atoms with E-state index in [9.17, 15) is 0 Å². The number of methoxy groups -OCH3 is 2. The Balaban J connectivity index is 5.72. The van der Waals surface area contributed by atoms with Gasteiger partial charge >= 0.3 is 0 Å². The molecule has 0 spiro atoms. The summed E-state index contributed by atoms with van der Waals surface area (Å²) in [5.41, 5.74) is 8.36. The third-order valence-corrected chi connectivity index (χ3v) is 4.30. The Morgan fingerprint density at radius 1 is 0.750 bits per heavy atom. The smallest absolute Gasteiger partial charge is 0.138 e. The highest BCUT2D eigenvalue weighted by molar-refractivity contribution is 5.88. The van der Waals surface area contributed by atoms with Crippen LogP contribution in [-0.4, -0.2) is 48.2 Å². The second-order valence-electron chi connectivity index (χ2n) is 7.86. The molecular formula is C16H34N6O2. The second-order valence-corrected chi connectivity index (χ2v) is 7.86. The van der Waals surface area contributed by atoms with Crippen LogP contribution < -0.4 is 11.5 Å². The summed E-state index contributed by atoms with van der Waals surface area (Å²) < 4.78 is 10.8. The van der Waals surface area contributed by atoms with Crippen molar-refractivity contribution < 1.29 is 9.47 Å². The molecule has 0 aromatic rings. The van der Waals surface area contributed by atoms with Gasteiger partial charge in [-0.3, -0.25) is 10.8 Å². The largest absolute Gasteiger partial charge is 0.386 e. The average Bonchev–Trinajstić information content (AvgIpc) is 2.44. The van der Waals surface area contributed by atoms with Crippen LogP contribution in [0.25, 0.3) is 0 Å². The van der Waals surface area contributed by atoms with Gasteiger partial charge in [-0.2, -0.15) is 10.2 Å². The van der Waals surface area contributed by atoms with E-state index in [1.807, 2.05) is 27.7 Å². The van der Waals surface area contributed by atoms with Crippen molar-refractivity contribution in [2.24, 2.45) is 21.7 Å². The van der Waals surface area contributed by atoms with Gasteiger partial charge in [0.15, 0.2) is 0 Å². The summed E-state index contributed by atoms with van der Waals surface area (Å²) in [6, 6.07) is 0. The van der Waals surface area contributed by atoms with Gasteiger partial charge in [-0.25, -0.2) is 0 Å². The summed E-state index contributed by atoms with van der Waals surface area (Å²) in [6.45, 7) is 11.0. The van der Waals surface area contributed by atoms with Gasteiger partial charge in [0.25, 0.3) is 0 Å². The maximum atomic E-state index is 7.89. The zero-order chi connectivity index (χ0) is 19.4. The summed E-state index contributed by atoms with van der Waals surface area (Å²) >= 11 is 0. The first-order chi connectivity index (χ1) is 10.6. The van der Waals surface area contributed by atoms with Crippen LogP contribution in [0.15, 0.2) is 10.2 Å². The molecular weight excluding hydrogens is 308 g/mol. The van der Waals surface area contributed by atoms with Gasteiger partial charge < -0.3 is 20.9 Å². The Hall–Kier alpha value is -1.54. The van der Waals surface area contributed by atoms with E-state index in [0.29, 0.717) is 12.8 Å². The summed E-state index contributed by atoms with van der Waals surface area (Å²) in [6.07, 6.45) is 0.744. The molecule has 0 aromatic heterocycles. The SMILES string of the molecule is COC(C)(C)CC(C)(N=NC(C)(CC(C)(C)OC)C(=N)N)C(=N)N. The summed E-state index contributed by atoms with van der Waals surface area (Å²) in [7, 11) is 3.19. The number of nitrogens with two attached hydrogens (primary N) is 2. The van der Waals surface area contributed by atoms with Crippen LogP contribution in [0, 0.1) is 10.8 Å². The first kappa shape index (κ1) is 22.5. The fraction of sp³-hybridized carbons (Fsp3) is 0.875. The highest BCUT2D eigenvalue weighted by Gasteiger charge is 2.39. The van der Waals surface area contributed by atoms with E-state index in [1.54, 1.807) is 28.1 Å². The molecule has 0 aliphatic rings. The van der Waals surface area contributed by atoms with Crippen molar-refractivity contribution >= 4 is 11.7 Å². The van der Waals surface area contributed by atoms with E-state index in [-0.39, 0.29) is 11.7 Å². The first-order valence-corrected chi connectivity index (χ1v) is 7.86. The lowest BCUT2D eigenvalue weighted by molar-refractivity contribution is 0.00192. The van der Waals surface area contributed by atoms with E-state index in [2.05, 4.69) is 10.2 Å². The standard InChI is InChI=1S/C16H34N6O2/c1-13(2,23-7)9-15(5,11(17)18)21-22-16(6,12(19)20)10-14(3,4)24-8/h9-10H2,1-8H3,(H3,17,18)(H3,19,20). The van der Waals surface area contributed by atoms with E-state index >= 15 is 0 Å². The van der Waals surface area contributed by atoms with Gasteiger partial charge in [0.1, 0.15) is 22.7 Å². The normalized spacial score (nSPS) is 18.2. The topological polar surface area (TPSA) is 143 Å². The fourth-order valence-corrected chi connectivity index (χ4v) is 2.39. The molecule has 0 radical (unpaired) electrons. The van der Waals surface area contributed by atoms with E-state index < -0.39 is 22.3 Å². The Bertz CT molecular complexity index is 459. The number of hydrogen-bond acceptors (Lipinski definition) is 6. The maximum absolute atomic E-state index is 7.89. The van der Waals surface area contributed by atoms with Crippen molar-refractivity contribution in [1.82, 2.24) is 0 Å². The number of hydrogen-bond donors (Lipinski definition) is 4. The Morgan fingerprint density at radius 2 is 1.00 bits per heavy atom. The summed E-state index contributed by atoms with van der Waals surface area (Å²) in [4.78, 5) is 0. The minimum absolute atomic E-state index is 0.117. The Kier molecular flexibility index (Phi) is 7.08. The number of ether oxygens (including phenoxy) is 2. The van der Waals surface area contributed by atoms with E-state index in [1.165, 1.54) is 0 Å². The van der Waals surface area contributed by atoms with Crippen LogP contribution in [0.1, 0.15) is 54.4 Å². The van der Waals surface area contributed by atoms with Crippen molar-refractivity contribution in [2.45, 2.75) is 76.7 Å². The molecule has 2 unspecified atom stereocenters. The number of azo groups is 1. The fourth-order valence-electron chi connectivity index (χ4n) is 2.39. The van der Waals surface area contributed by atoms with Crippen LogP contribution in [0.3, 0.4) is 0 Å². The monoisotopic (exact) mass is 342 g/mol. The van der Waals surface area contributed by atoms with Crippen molar-refractivity contribution in [1.29, 1.82) is 10.8 Å². The maximum Gasteiger partial charge on any atom is 0.138 e. The number of nitrogens with one attached hydrogen (secondary N) is 2. The zero-order valence-corrected chi connectivity index (χ0v) is 16.3. The molecule has 0 aliphatic heterocycles. The molecule has 6 N–H and O–H groups in total. The first-order valence-electron chi connectivity index (χ1n) is 7.86. The highest BCUT2D eigenvalue weighted by Crippen LogP contribution is 2.31. The Labute approximate surface area is 145 Å². The second kappa shape index (κ2) is 7.57.